The van der Waals surface area contributed by atoms with Crippen molar-refractivity contribution in [3.63, 3.8) is 0 Å². The normalized spacial score (nSPS) is 10.1. The first-order valence-corrected chi connectivity index (χ1v) is 7.09. The van der Waals surface area contributed by atoms with Gasteiger partial charge in [0.05, 0.1) is 6.61 Å². The second-order valence-electron chi connectivity index (χ2n) is 4.64. The second-order valence-corrected chi connectivity index (χ2v) is 4.64. The van der Waals surface area contributed by atoms with Crippen LogP contribution < -0.4 is 4.74 Å². The molecule has 0 saturated heterocycles. The van der Waals surface area contributed by atoms with Gasteiger partial charge in [0, 0.05) is 6.92 Å². The fourth-order valence-corrected chi connectivity index (χ4v) is 1.83. The van der Waals surface area contributed by atoms with Gasteiger partial charge >= 0.3 is 11.9 Å². The Morgan fingerprint density at radius 3 is 2.45 bits per heavy atom. The molecule has 0 radical (unpaired) electrons. The smallest absolute Gasteiger partial charge is 0.341 e. The predicted molar refractivity (Wildman–Crippen MR) is 76.8 cm³/mol. The van der Waals surface area contributed by atoms with Crippen LogP contribution in [-0.4, -0.2) is 18.5 Å². The van der Waals surface area contributed by atoms with Crippen molar-refractivity contribution in [1.82, 2.24) is 0 Å². The zero-order valence-corrected chi connectivity index (χ0v) is 12.2. The molecule has 0 unspecified atom stereocenters. The van der Waals surface area contributed by atoms with E-state index in [2.05, 4.69) is 6.92 Å². The van der Waals surface area contributed by atoms with Crippen LogP contribution in [0.1, 0.15) is 56.3 Å². The molecule has 0 aliphatic carbocycles. The van der Waals surface area contributed by atoms with E-state index in [1.165, 1.54) is 19.8 Å². The van der Waals surface area contributed by atoms with Gasteiger partial charge in [0.2, 0.25) is 0 Å². The summed E-state index contributed by atoms with van der Waals surface area (Å²) in [5.41, 5.74) is 0.288. The molecular weight excluding hydrogens is 256 g/mol. The minimum Gasteiger partial charge on any atom is -0.462 e. The molecule has 0 bridgehead atoms. The van der Waals surface area contributed by atoms with Gasteiger partial charge in [-0.25, -0.2) is 4.79 Å². The Labute approximate surface area is 120 Å². The van der Waals surface area contributed by atoms with E-state index in [1.54, 1.807) is 24.3 Å². The van der Waals surface area contributed by atoms with Crippen LogP contribution in [0.4, 0.5) is 0 Å². The van der Waals surface area contributed by atoms with Crippen molar-refractivity contribution in [3.8, 4) is 5.75 Å². The van der Waals surface area contributed by atoms with Crippen molar-refractivity contribution in [2.75, 3.05) is 6.61 Å². The number of rotatable bonds is 8. The molecule has 1 aromatic carbocycles. The molecule has 4 heteroatoms. The summed E-state index contributed by atoms with van der Waals surface area (Å²) in [6.07, 6.45) is 5.49. The van der Waals surface area contributed by atoms with Crippen LogP contribution >= 0.6 is 0 Å². The number of hydrogen-bond donors (Lipinski definition) is 0. The van der Waals surface area contributed by atoms with Crippen LogP contribution in [0.5, 0.6) is 5.75 Å². The Morgan fingerprint density at radius 1 is 1.05 bits per heavy atom. The zero-order valence-electron chi connectivity index (χ0n) is 12.2. The van der Waals surface area contributed by atoms with Gasteiger partial charge < -0.3 is 9.47 Å². The third-order valence-electron chi connectivity index (χ3n) is 2.84. The van der Waals surface area contributed by atoms with Crippen LogP contribution in [0.15, 0.2) is 24.3 Å². The van der Waals surface area contributed by atoms with E-state index < -0.39 is 11.9 Å². The third-order valence-corrected chi connectivity index (χ3v) is 2.84. The van der Waals surface area contributed by atoms with Gasteiger partial charge in [-0.1, -0.05) is 44.7 Å². The molecule has 0 saturated carbocycles. The van der Waals surface area contributed by atoms with Crippen molar-refractivity contribution >= 4 is 11.9 Å². The molecule has 0 amide bonds. The molecule has 110 valence electrons. The Bertz CT molecular complexity index is 440. The number of unbranched alkanes of at least 4 members (excludes halogenated alkanes) is 4. The molecule has 0 atom stereocenters. The standard InChI is InChI=1S/C16H22O4/c1-3-4-5-6-9-12-19-16(18)14-10-7-8-11-15(14)20-13(2)17/h7-8,10-11H,3-6,9,12H2,1-2H3. The second kappa shape index (κ2) is 9.13. The van der Waals surface area contributed by atoms with Gasteiger partial charge in [-0.15, -0.1) is 0 Å². The molecule has 20 heavy (non-hydrogen) atoms. The molecule has 0 aliphatic heterocycles. The molecular formula is C16H22O4. The maximum atomic E-state index is 11.9. The molecule has 1 rings (SSSR count). The van der Waals surface area contributed by atoms with Gasteiger partial charge in [0.1, 0.15) is 11.3 Å². The van der Waals surface area contributed by atoms with E-state index in [0.29, 0.717) is 6.61 Å². The lowest BCUT2D eigenvalue weighted by atomic mass is 10.2. The van der Waals surface area contributed by atoms with Crippen molar-refractivity contribution in [2.24, 2.45) is 0 Å². The number of carbonyl (C=O) groups excluding carboxylic acids is 2. The summed E-state index contributed by atoms with van der Waals surface area (Å²) >= 11 is 0. The molecule has 0 N–H and O–H groups in total. The molecule has 0 heterocycles. The van der Waals surface area contributed by atoms with E-state index in [1.807, 2.05) is 0 Å². The van der Waals surface area contributed by atoms with Crippen molar-refractivity contribution in [2.45, 2.75) is 46.0 Å². The summed E-state index contributed by atoms with van der Waals surface area (Å²) in [6, 6.07) is 6.60. The molecule has 4 nitrogen and oxygen atoms in total. The van der Waals surface area contributed by atoms with Crippen LogP contribution in [0.2, 0.25) is 0 Å². The van der Waals surface area contributed by atoms with Crippen LogP contribution in [0, 0.1) is 0 Å². The minimum absolute atomic E-state index is 0.246. The van der Waals surface area contributed by atoms with E-state index in [4.69, 9.17) is 9.47 Å². The Hall–Kier alpha value is -1.84. The molecule has 0 spiro atoms. The first-order chi connectivity index (χ1) is 9.65. The molecule has 0 fully saturated rings. The van der Waals surface area contributed by atoms with E-state index in [9.17, 15) is 9.59 Å². The number of benzene rings is 1. The number of hydrogen-bond acceptors (Lipinski definition) is 4. The maximum Gasteiger partial charge on any atom is 0.341 e. The number of carbonyl (C=O) groups is 2. The number of para-hydroxylation sites is 1. The van der Waals surface area contributed by atoms with Crippen LogP contribution in [0.25, 0.3) is 0 Å². The highest BCUT2D eigenvalue weighted by Gasteiger charge is 2.14. The lowest BCUT2D eigenvalue weighted by Crippen LogP contribution is -2.11. The third kappa shape index (κ3) is 5.87. The SMILES string of the molecule is CCCCCCCOC(=O)c1ccccc1OC(C)=O. The van der Waals surface area contributed by atoms with E-state index in [-0.39, 0.29) is 11.3 Å². The lowest BCUT2D eigenvalue weighted by Gasteiger charge is -2.08. The van der Waals surface area contributed by atoms with Gasteiger partial charge in [0.25, 0.3) is 0 Å². The summed E-state index contributed by atoms with van der Waals surface area (Å²) in [7, 11) is 0. The predicted octanol–water partition coefficient (Wildman–Crippen LogP) is 3.74. The summed E-state index contributed by atoms with van der Waals surface area (Å²) in [4.78, 5) is 22.9. The van der Waals surface area contributed by atoms with Crippen molar-refractivity contribution in [1.29, 1.82) is 0 Å². The summed E-state index contributed by atoms with van der Waals surface area (Å²) in [5, 5.41) is 0. The number of esters is 2. The first kappa shape index (κ1) is 16.2. The zero-order chi connectivity index (χ0) is 14.8. The highest BCUT2D eigenvalue weighted by molar-refractivity contribution is 5.93. The van der Waals surface area contributed by atoms with Gasteiger partial charge in [-0.2, -0.15) is 0 Å². The molecule has 0 aliphatic rings. The highest BCUT2D eigenvalue weighted by atomic mass is 16.5. The fraction of sp³-hybridized carbons (Fsp3) is 0.500. The quantitative estimate of drug-likeness (QED) is 0.413. The van der Waals surface area contributed by atoms with Gasteiger partial charge in [-0.05, 0) is 18.6 Å². The first-order valence-electron chi connectivity index (χ1n) is 7.09. The maximum absolute atomic E-state index is 11.9. The lowest BCUT2D eigenvalue weighted by molar-refractivity contribution is -0.131. The summed E-state index contributed by atoms with van der Waals surface area (Å²) < 4.78 is 10.2. The average molecular weight is 278 g/mol. The van der Waals surface area contributed by atoms with E-state index >= 15 is 0 Å². The van der Waals surface area contributed by atoms with Crippen LogP contribution in [-0.2, 0) is 9.53 Å². The van der Waals surface area contributed by atoms with Crippen molar-refractivity contribution < 1.29 is 19.1 Å². The largest absolute Gasteiger partial charge is 0.462 e. The Kier molecular flexibility index (Phi) is 7.40. The monoisotopic (exact) mass is 278 g/mol. The minimum atomic E-state index is -0.454. The van der Waals surface area contributed by atoms with Gasteiger partial charge in [-0.3, -0.25) is 4.79 Å². The van der Waals surface area contributed by atoms with Crippen LogP contribution in [0.3, 0.4) is 0 Å². The molecule has 0 aromatic heterocycles. The Balaban J connectivity index is 2.45. The summed E-state index contributed by atoms with van der Waals surface area (Å²) in [5.74, 6) is -0.654. The van der Waals surface area contributed by atoms with Crippen molar-refractivity contribution in [3.05, 3.63) is 29.8 Å². The topological polar surface area (TPSA) is 52.6 Å². The highest BCUT2D eigenvalue weighted by Crippen LogP contribution is 2.19. The Morgan fingerprint density at radius 2 is 1.75 bits per heavy atom. The van der Waals surface area contributed by atoms with E-state index in [0.717, 1.165) is 19.3 Å². The van der Waals surface area contributed by atoms with Gasteiger partial charge in [0.15, 0.2) is 0 Å². The number of ether oxygens (including phenoxy) is 2. The average Bonchev–Trinajstić information content (AvgIpc) is 2.42. The molecule has 1 aromatic rings. The summed E-state index contributed by atoms with van der Waals surface area (Å²) in [6.45, 7) is 3.86. The fourth-order valence-electron chi connectivity index (χ4n) is 1.83.